The van der Waals surface area contributed by atoms with Gasteiger partial charge in [0.2, 0.25) is 0 Å². The second-order valence-corrected chi connectivity index (χ2v) is 8.68. The van der Waals surface area contributed by atoms with Crippen LogP contribution in [0.2, 0.25) is 0 Å². The number of rotatable bonds is 0. The average Bonchev–Trinajstić information content (AvgIpc) is 2.82. The van der Waals surface area contributed by atoms with E-state index in [1.165, 1.54) is 44.5 Å². The van der Waals surface area contributed by atoms with Crippen molar-refractivity contribution in [3.8, 4) is 11.1 Å². The molecule has 0 amide bonds. The fourth-order valence-corrected chi connectivity index (χ4v) is 5.16. The Kier molecular flexibility index (Phi) is 2.77. The standard InChI is InChI=1S/C25H24/c1-24(2)20-11-7-5-9-16(20)13-17-14-23-19(15-22(17)24)18-10-6-8-12-21(18)25(23,3)4/h5-12,14-15H,13H2,1-4H3. The molecule has 0 heterocycles. The third-order valence-corrected chi connectivity index (χ3v) is 6.55. The smallest absolute Gasteiger partial charge is 0.0158 e. The number of hydrogen-bond acceptors (Lipinski definition) is 0. The first-order valence-electron chi connectivity index (χ1n) is 9.27. The van der Waals surface area contributed by atoms with Gasteiger partial charge in [-0.3, -0.25) is 0 Å². The van der Waals surface area contributed by atoms with Gasteiger partial charge in [0.05, 0.1) is 0 Å². The normalized spacial score (nSPS) is 18.1. The Morgan fingerprint density at radius 1 is 0.560 bits per heavy atom. The minimum Gasteiger partial charge on any atom is -0.0620 e. The van der Waals surface area contributed by atoms with Gasteiger partial charge < -0.3 is 0 Å². The molecular formula is C25H24. The van der Waals surface area contributed by atoms with E-state index in [-0.39, 0.29) is 10.8 Å². The highest BCUT2D eigenvalue weighted by Gasteiger charge is 2.39. The molecular weight excluding hydrogens is 300 g/mol. The van der Waals surface area contributed by atoms with Crippen LogP contribution in [-0.2, 0) is 17.3 Å². The lowest BCUT2D eigenvalue weighted by Crippen LogP contribution is -2.27. The van der Waals surface area contributed by atoms with Crippen LogP contribution in [-0.4, -0.2) is 0 Å². The lowest BCUT2D eigenvalue weighted by atomic mass is 9.67. The molecule has 0 bridgehead atoms. The van der Waals surface area contributed by atoms with E-state index in [2.05, 4.69) is 88.4 Å². The third-order valence-electron chi connectivity index (χ3n) is 6.55. The van der Waals surface area contributed by atoms with Gasteiger partial charge in [0, 0.05) is 10.8 Å². The maximum absolute atomic E-state index is 2.50. The highest BCUT2D eigenvalue weighted by molar-refractivity contribution is 5.82. The first-order valence-corrected chi connectivity index (χ1v) is 9.27. The Morgan fingerprint density at radius 2 is 1.20 bits per heavy atom. The number of hydrogen-bond donors (Lipinski definition) is 0. The average molecular weight is 324 g/mol. The van der Waals surface area contributed by atoms with E-state index in [9.17, 15) is 0 Å². The minimum atomic E-state index is 0.0564. The summed E-state index contributed by atoms with van der Waals surface area (Å²) < 4.78 is 0. The van der Waals surface area contributed by atoms with Crippen molar-refractivity contribution in [3.05, 3.63) is 94.0 Å². The summed E-state index contributed by atoms with van der Waals surface area (Å²) in [4.78, 5) is 0. The van der Waals surface area contributed by atoms with Crippen LogP contribution in [0.15, 0.2) is 60.7 Å². The van der Waals surface area contributed by atoms with Crippen LogP contribution in [0.1, 0.15) is 61.1 Å². The van der Waals surface area contributed by atoms with E-state index in [1.54, 1.807) is 0 Å². The molecule has 25 heavy (non-hydrogen) atoms. The Labute approximate surface area is 150 Å². The summed E-state index contributed by atoms with van der Waals surface area (Å²) >= 11 is 0. The van der Waals surface area contributed by atoms with Crippen LogP contribution in [0, 0.1) is 0 Å². The summed E-state index contributed by atoms with van der Waals surface area (Å²) in [6, 6.07) is 22.9. The zero-order chi connectivity index (χ0) is 17.4. The molecule has 0 unspecified atom stereocenters. The summed E-state index contributed by atoms with van der Waals surface area (Å²) in [6.07, 6.45) is 1.05. The molecule has 0 N–H and O–H groups in total. The van der Waals surface area contributed by atoms with Crippen LogP contribution in [0.3, 0.4) is 0 Å². The fourth-order valence-electron chi connectivity index (χ4n) is 5.16. The van der Waals surface area contributed by atoms with Gasteiger partial charge in [-0.05, 0) is 57.0 Å². The molecule has 0 aromatic heterocycles. The Morgan fingerprint density at radius 3 is 2.00 bits per heavy atom. The third kappa shape index (κ3) is 1.83. The monoisotopic (exact) mass is 324 g/mol. The predicted molar refractivity (Wildman–Crippen MR) is 105 cm³/mol. The first-order chi connectivity index (χ1) is 11.9. The summed E-state index contributed by atoms with van der Waals surface area (Å²) in [7, 11) is 0. The zero-order valence-electron chi connectivity index (χ0n) is 15.5. The molecule has 0 saturated carbocycles. The van der Waals surface area contributed by atoms with Crippen LogP contribution in [0.25, 0.3) is 11.1 Å². The number of benzene rings is 3. The van der Waals surface area contributed by atoms with Crippen molar-refractivity contribution in [2.75, 3.05) is 0 Å². The van der Waals surface area contributed by atoms with Crippen molar-refractivity contribution >= 4 is 0 Å². The second-order valence-electron chi connectivity index (χ2n) is 8.68. The highest BCUT2D eigenvalue weighted by Crippen LogP contribution is 2.52. The molecule has 5 rings (SSSR count). The molecule has 2 aliphatic rings. The van der Waals surface area contributed by atoms with E-state index < -0.39 is 0 Å². The van der Waals surface area contributed by atoms with Gasteiger partial charge in [-0.1, -0.05) is 82.3 Å². The van der Waals surface area contributed by atoms with Crippen molar-refractivity contribution in [2.45, 2.75) is 44.9 Å². The van der Waals surface area contributed by atoms with Gasteiger partial charge in [-0.2, -0.15) is 0 Å². The van der Waals surface area contributed by atoms with Crippen LogP contribution < -0.4 is 0 Å². The Balaban J connectivity index is 1.81. The van der Waals surface area contributed by atoms with Crippen LogP contribution in [0.4, 0.5) is 0 Å². The molecule has 0 atom stereocenters. The largest absolute Gasteiger partial charge is 0.0620 e. The molecule has 0 fully saturated rings. The van der Waals surface area contributed by atoms with Crippen molar-refractivity contribution < 1.29 is 0 Å². The molecule has 124 valence electrons. The molecule has 3 aromatic carbocycles. The molecule has 0 spiro atoms. The number of fused-ring (bicyclic) bond motifs is 5. The SMILES string of the molecule is CC1(C)c2ccccc2Cc2cc3c(cc21)-c1ccccc1C3(C)C. The lowest BCUT2D eigenvalue weighted by Gasteiger charge is -2.36. The van der Waals surface area contributed by atoms with Gasteiger partial charge >= 0.3 is 0 Å². The van der Waals surface area contributed by atoms with Crippen LogP contribution >= 0.6 is 0 Å². The summed E-state index contributed by atoms with van der Waals surface area (Å²) in [5.74, 6) is 0. The van der Waals surface area contributed by atoms with Crippen molar-refractivity contribution in [3.63, 3.8) is 0 Å². The van der Waals surface area contributed by atoms with Gasteiger partial charge in [0.25, 0.3) is 0 Å². The van der Waals surface area contributed by atoms with Crippen molar-refractivity contribution in [1.82, 2.24) is 0 Å². The zero-order valence-corrected chi connectivity index (χ0v) is 15.5. The Bertz CT molecular complexity index is 1020. The fraction of sp³-hybridized carbons (Fsp3) is 0.280. The molecule has 0 saturated heterocycles. The molecule has 0 nitrogen and oxygen atoms in total. The van der Waals surface area contributed by atoms with E-state index in [0.29, 0.717) is 0 Å². The van der Waals surface area contributed by atoms with E-state index in [0.717, 1.165) is 6.42 Å². The Hall–Kier alpha value is -2.34. The summed E-state index contributed by atoms with van der Waals surface area (Å²) in [6.45, 7) is 9.49. The maximum Gasteiger partial charge on any atom is 0.0158 e. The molecule has 2 aliphatic carbocycles. The molecule has 0 radical (unpaired) electrons. The topological polar surface area (TPSA) is 0 Å². The molecule has 0 aliphatic heterocycles. The van der Waals surface area contributed by atoms with Gasteiger partial charge in [-0.25, -0.2) is 0 Å². The summed E-state index contributed by atoms with van der Waals surface area (Å²) in [5.41, 5.74) is 11.9. The van der Waals surface area contributed by atoms with Gasteiger partial charge in [0.15, 0.2) is 0 Å². The summed E-state index contributed by atoms with van der Waals surface area (Å²) in [5, 5.41) is 0. The second kappa shape index (κ2) is 4.64. The predicted octanol–water partition coefficient (Wildman–Crippen LogP) is 6.22. The van der Waals surface area contributed by atoms with E-state index in [1.807, 2.05) is 0 Å². The molecule has 0 heteroatoms. The lowest BCUT2D eigenvalue weighted by molar-refractivity contribution is 0.606. The van der Waals surface area contributed by atoms with Crippen molar-refractivity contribution in [1.29, 1.82) is 0 Å². The van der Waals surface area contributed by atoms with E-state index in [4.69, 9.17) is 0 Å². The molecule has 3 aromatic rings. The first kappa shape index (κ1) is 15.0. The highest BCUT2D eigenvalue weighted by atomic mass is 14.4. The minimum absolute atomic E-state index is 0.0564. The van der Waals surface area contributed by atoms with E-state index >= 15 is 0 Å². The quantitative estimate of drug-likeness (QED) is 0.460. The van der Waals surface area contributed by atoms with Gasteiger partial charge in [-0.15, -0.1) is 0 Å². The van der Waals surface area contributed by atoms with Crippen LogP contribution in [0.5, 0.6) is 0 Å². The maximum atomic E-state index is 2.50. The van der Waals surface area contributed by atoms with Gasteiger partial charge in [0.1, 0.15) is 0 Å². The van der Waals surface area contributed by atoms with Crippen molar-refractivity contribution in [2.24, 2.45) is 0 Å².